The molecule has 0 amide bonds. The van der Waals surface area contributed by atoms with E-state index in [0.717, 1.165) is 33.4 Å². The molecule has 0 aliphatic carbocycles. The van der Waals surface area contributed by atoms with Gasteiger partial charge in [0.1, 0.15) is 6.33 Å². The van der Waals surface area contributed by atoms with Gasteiger partial charge in [0, 0.05) is 24.7 Å². The molecule has 2 aromatic heterocycles. The molecule has 2 heterocycles. The van der Waals surface area contributed by atoms with Crippen molar-refractivity contribution in [3.63, 3.8) is 0 Å². The van der Waals surface area contributed by atoms with Crippen LogP contribution < -0.4 is 5.73 Å². The second-order valence-electron chi connectivity index (χ2n) is 3.94. The summed E-state index contributed by atoms with van der Waals surface area (Å²) >= 11 is 1.61. The van der Waals surface area contributed by atoms with Crippen LogP contribution in [-0.2, 0) is 12.8 Å². The number of nitrogens with two attached hydrogens (primary N) is 1. The molecule has 0 saturated carbocycles. The average molecular weight is 249 g/mol. The van der Waals surface area contributed by atoms with Crippen molar-refractivity contribution < 1.29 is 0 Å². The summed E-state index contributed by atoms with van der Waals surface area (Å²) in [5.74, 6) is 0.753. The number of aryl methyl sites for hydroxylation is 2. The maximum Gasteiger partial charge on any atom is 0.191 e. The normalized spacial score (nSPS) is 10.8. The Balaban J connectivity index is 2.15. The number of pyridine rings is 1. The molecule has 0 aromatic carbocycles. The maximum atomic E-state index is 5.98. The summed E-state index contributed by atoms with van der Waals surface area (Å²) in [5.41, 5.74) is 9.89. The molecule has 0 unspecified atom stereocenters. The molecule has 0 aliphatic heterocycles. The second kappa shape index (κ2) is 4.75. The molecule has 5 nitrogen and oxygen atoms in total. The predicted molar refractivity (Wildman–Crippen MR) is 68.7 cm³/mol. The number of nitrogens with zero attached hydrogens (tertiary/aromatic N) is 4. The minimum Gasteiger partial charge on any atom is -0.398 e. The molecule has 0 saturated heterocycles. The largest absolute Gasteiger partial charge is 0.398 e. The number of rotatable bonds is 3. The number of aromatic nitrogens is 4. The first kappa shape index (κ1) is 11.9. The van der Waals surface area contributed by atoms with E-state index in [0.29, 0.717) is 0 Å². The number of hydrogen-bond acceptors (Lipinski definition) is 5. The second-order valence-corrected chi connectivity index (χ2v) is 4.88. The zero-order chi connectivity index (χ0) is 12.4. The fraction of sp³-hybridized carbons (Fsp3) is 0.364. The first-order valence-electron chi connectivity index (χ1n) is 5.27. The first-order valence-corrected chi connectivity index (χ1v) is 6.25. The van der Waals surface area contributed by atoms with Gasteiger partial charge in [-0.3, -0.25) is 4.98 Å². The lowest BCUT2D eigenvalue weighted by atomic mass is 10.1. The highest BCUT2D eigenvalue weighted by Crippen LogP contribution is 2.24. The van der Waals surface area contributed by atoms with Gasteiger partial charge < -0.3 is 10.3 Å². The van der Waals surface area contributed by atoms with Crippen LogP contribution in [0.2, 0.25) is 0 Å². The Morgan fingerprint density at radius 1 is 1.41 bits per heavy atom. The fourth-order valence-electron chi connectivity index (χ4n) is 1.47. The Kier molecular flexibility index (Phi) is 3.33. The quantitative estimate of drug-likeness (QED) is 0.838. The van der Waals surface area contributed by atoms with E-state index in [2.05, 4.69) is 15.2 Å². The highest BCUT2D eigenvalue weighted by Gasteiger charge is 2.08. The molecule has 0 atom stereocenters. The van der Waals surface area contributed by atoms with E-state index < -0.39 is 0 Å². The lowest BCUT2D eigenvalue weighted by Crippen LogP contribution is -2.01. The molecular weight excluding hydrogens is 234 g/mol. The van der Waals surface area contributed by atoms with Gasteiger partial charge in [0.15, 0.2) is 5.16 Å². The van der Waals surface area contributed by atoms with Crippen molar-refractivity contribution in [1.82, 2.24) is 19.7 Å². The molecule has 0 radical (unpaired) electrons. The van der Waals surface area contributed by atoms with Gasteiger partial charge in [0.05, 0.1) is 5.69 Å². The van der Waals surface area contributed by atoms with Gasteiger partial charge in [0.2, 0.25) is 0 Å². The van der Waals surface area contributed by atoms with Crippen LogP contribution >= 0.6 is 11.8 Å². The zero-order valence-corrected chi connectivity index (χ0v) is 11.0. The van der Waals surface area contributed by atoms with E-state index in [-0.39, 0.29) is 0 Å². The molecule has 0 bridgehead atoms. The minimum atomic E-state index is 0.753. The Hall–Kier alpha value is -1.56. The smallest absolute Gasteiger partial charge is 0.191 e. The third kappa shape index (κ3) is 2.41. The third-order valence-electron chi connectivity index (χ3n) is 2.68. The van der Waals surface area contributed by atoms with Gasteiger partial charge >= 0.3 is 0 Å². The van der Waals surface area contributed by atoms with Crippen molar-refractivity contribution in [2.75, 3.05) is 5.73 Å². The summed E-state index contributed by atoms with van der Waals surface area (Å²) < 4.78 is 1.89. The van der Waals surface area contributed by atoms with E-state index in [1.54, 1.807) is 18.1 Å². The fourth-order valence-corrected chi connectivity index (χ4v) is 2.39. The number of hydrogen-bond donors (Lipinski definition) is 1. The molecule has 2 aromatic rings. The minimum absolute atomic E-state index is 0.753. The topological polar surface area (TPSA) is 69.6 Å². The zero-order valence-electron chi connectivity index (χ0n) is 10.1. The molecule has 0 spiro atoms. The Morgan fingerprint density at radius 3 is 2.82 bits per heavy atom. The van der Waals surface area contributed by atoms with Gasteiger partial charge in [-0.2, -0.15) is 0 Å². The van der Waals surface area contributed by atoms with Gasteiger partial charge in [-0.1, -0.05) is 11.8 Å². The summed E-state index contributed by atoms with van der Waals surface area (Å²) in [6.07, 6.45) is 3.50. The monoisotopic (exact) mass is 249 g/mol. The van der Waals surface area contributed by atoms with Crippen LogP contribution in [0.3, 0.4) is 0 Å². The van der Waals surface area contributed by atoms with E-state index in [1.807, 2.05) is 31.7 Å². The highest BCUT2D eigenvalue weighted by molar-refractivity contribution is 7.98. The van der Waals surface area contributed by atoms with E-state index in [1.165, 1.54) is 0 Å². The van der Waals surface area contributed by atoms with Crippen LogP contribution in [0.15, 0.2) is 17.7 Å². The standard InChI is InChI=1S/C11H15N5S/c1-7-4-13-9(8(2)10(7)12)5-17-11-15-14-6-16(11)3/h4,6H,5H2,1-3H3,(H2,12,13). The lowest BCUT2D eigenvalue weighted by Gasteiger charge is -2.09. The van der Waals surface area contributed by atoms with Crippen LogP contribution in [0.5, 0.6) is 0 Å². The summed E-state index contributed by atoms with van der Waals surface area (Å²) in [6.45, 7) is 3.97. The molecule has 0 aliphatic rings. The molecular formula is C11H15N5S. The first-order chi connectivity index (χ1) is 8.09. The Morgan fingerprint density at radius 2 is 2.18 bits per heavy atom. The summed E-state index contributed by atoms with van der Waals surface area (Å²) in [4.78, 5) is 4.41. The van der Waals surface area contributed by atoms with Gasteiger partial charge in [-0.15, -0.1) is 10.2 Å². The summed E-state index contributed by atoms with van der Waals surface area (Å²) in [5, 5.41) is 8.73. The third-order valence-corrected chi connectivity index (χ3v) is 3.73. The van der Waals surface area contributed by atoms with Crippen molar-refractivity contribution in [3.8, 4) is 0 Å². The summed E-state index contributed by atoms with van der Waals surface area (Å²) in [6, 6.07) is 0. The Bertz CT molecular complexity index is 535. The van der Waals surface area contributed by atoms with Crippen LogP contribution in [0.4, 0.5) is 5.69 Å². The van der Waals surface area contributed by atoms with E-state index in [9.17, 15) is 0 Å². The SMILES string of the molecule is Cc1cnc(CSc2nncn2C)c(C)c1N. The molecule has 17 heavy (non-hydrogen) atoms. The molecule has 6 heteroatoms. The Labute approximate surface area is 104 Å². The van der Waals surface area contributed by atoms with E-state index in [4.69, 9.17) is 5.73 Å². The van der Waals surface area contributed by atoms with Crippen molar-refractivity contribution in [2.24, 2.45) is 7.05 Å². The molecule has 2 rings (SSSR count). The summed E-state index contributed by atoms with van der Waals surface area (Å²) in [7, 11) is 1.92. The molecule has 90 valence electrons. The van der Waals surface area contributed by atoms with Crippen molar-refractivity contribution in [3.05, 3.63) is 29.3 Å². The van der Waals surface area contributed by atoms with Gasteiger partial charge in [0.25, 0.3) is 0 Å². The number of anilines is 1. The molecule has 0 fully saturated rings. The number of nitrogen functional groups attached to an aromatic ring is 1. The van der Waals surface area contributed by atoms with Crippen molar-refractivity contribution >= 4 is 17.4 Å². The van der Waals surface area contributed by atoms with Gasteiger partial charge in [-0.05, 0) is 25.0 Å². The van der Waals surface area contributed by atoms with E-state index >= 15 is 0 Å². The van der Waals surface area contributed by atoms with Crippen LogP contribution in [0.25, 0.3) is 0 Å². The molecule has 2 N–H and O–H groups in total. The van der Waals surface area contributed by atoms with Crippen molar-refractivity contribution in [2.45, 2.75) is 24.8 Å². The van der Waals surface area contributed by atoms with Crippen LogP contribution in [0, 0.1) is 13.8 Å². The number of thioether (sulfide) groups is 1. The van der Waals surface area contributed by atoms with Crippen LogP contribution in [0.1, 0.15) is 16.8 Å². The predicted octanol–water partition coefficient (Wildman–Crippen LogP) is 1.70. The average Bonchev–Trinajstić information content (AvgIpc) is 2.71. The highest BCUT2D eigenvalue weighted by atomic mass is 32.2. The van der Waals surface area contributed by atoms with Gasteiger partial charge in [-0.25, -0.2) is 0 Å². The lowest BCUT2D eigenvalue weighted by molar-refractivity contribution is 0.788. The van der Waals surface area contributed by atoms with Crippen LogP contribution in [-0.4, -0.2) is 19.7 Å². The maximum absolute atomic E-state index is 5.98. The van der Waals surface area contributed by atoms with Crippen molar-refractivity contribution in [1.29, 1.82) is 0 Å².